The highest BCUT2D eigenvalue weighted by atomic mass is 35.5. The van der Waals surface area contributed by atoms with Crippen LogP contribution in [0.3, 0.4) is 0 Å². The Hall–Kier alpha value is -2.34. The van der Waals surface area contributed by atoms with Crippen LogP contribution in [0.4, 0.5) is 5.69 Å². The van der Waals surface area contributed by atoms with Crippen molar-refractivity contribution in [1.29, 1.82) is 0 Å². The molecule has 1 amide bonds. The van der Waals surface area contributed by atoms with E-state index < -0.39 is 0 Å². The number of anilines is 1. The smallest absolute Gasteiger partial charge is 0.302 e. The van der Waals surface area contributed by atoms with Gasteiger partial charge in [0.25, 0.3) is 0 Å². The number of hydrogen-bond acceptors (Lipinski definition) is 5. The molecule has 0 unspecified atom stereocenters. The van der Waals surface area contributed by atoms with Crippen molar-refractivity contribution in [3.05, 3.63) is 45.8 Å². The van der Waals surface area contributed by atoms with E-state index in [0.29, 0.717) is 34.2 Å². The molecule has 0 saturated heterocycles. The first kappa shape index (κ1) is 24.3. The molecule has 1 fully saturated rings. The molecule has 1 aromatic heterocycles. The molecule has 2 aromatic rings. The zero-order chi connectivity index (χ0) is 23.5. The van der Waals surface area contributed by atoms with Crippen molar-refractivity contribution >= 4 is 29.2 Å². The third kappa shape index (κ3) is 6.58. The van der Waals surface area contributed by atoms with Gasteiger partial charge in [0, 0.05) is 25.7 Å². The minimum atomic E-state index is -0.353. The number of halogens is 1. The fourth-order valence-electron chi connectivity index (χ4n) is 4.35. The summed E-state index contributed by atoms with van der Waals surface area (Å²) in [5.41, 5.74) is 3.39. The molecule has 0 bridgehead atoms. The summed E-state index contributed by atoms with van der Waals surface area (Å²) in [4.78, 5) is 23.9. The number of esters is 1. The Labute approximate surface area is 195 Å². The van der Waals surface area contributed by atoms with E-state index in [1.54, 1.807) is 6.07 Å². The monoisotopic (exact) mass is 460 g/mol. The number of ether oxygens (including phenoxy) is 1. The number of nitrogens with one attached hydrogen (secondary N) is 1. The molecule has 6 nitrogen and oxygen atoms in total. The van der Waals surface area contributed by atoms with Crippen LogP contribution in [0, 0.1) is 18.3 Å². The van der Waals surface area contributed by atoms with Crippen molar-refractivity contribution in [3.63, 3.8) is 0 Å². The highest BCUT2D eigenvalue weighted by molar-refractivity contribution is 6.33. The van der Waals surface area contributed by atoms with Crippen LogP contribution in [0.2, 0.25) is 5.02 Å². The molecule has 1 aliphatic carbocycles. The second kappa shape index (κ2) is 10.1. The maximum absolute atomic E-state index is 12.5. The number of amides is 1. The number of carbonyl (C=O) groups excluding carboxylic acids is 2. The van der Waals surface area contributed by atoms with E-state index in [4.69, 9.17) is 20.9 Å². The molecule has 32 heavy (non-hydrogen) atoms. The maximum atomic E-state index is 12.5. The largest absolute Gasteiger partial charge is 0.461 e. The first-order valence-electron chi connectivity index (χ1n) is 11.2. The summed E-state index contributed by atoms with van der Waals surface area (Å²) < 4.78 is 11.0. The van der Waals surface area contributed by atoms with Crippen LogP contribution in [0.1, 0.15) is 81.9 Å². The summed E-state index contributed by atoms with van der Waals surface area (Å²) >= 11 is 6.21. The Bertz CT molecular complexity index is 971. The molecule has 3 rings (SSSR count). The van der Waals surface area contributed by atoms with Gasteiger partial charge in [-0.1, -0.05) is 43.6 Å². The molecule has 1 N–H and O–H groups in total. The minimum absolute atomic E-state index is 0.120. The van der Waals surface area contributed by atoms with Crippen molar-refractivity contribution in [2.75, 3.05) is 5.32 Å². The summed E-state index contributed by atoms with van der Waals surface area (Å²) in [7, 11) is 0. The minimum Gasteiger partial charge on any atom is -0.461 e. The Morgan fingerprint density at radius 2 is 2.00 bits per heavy atom. The van der Waals surface area contributed by atoms with Gasteiger partial charge in [0.05, 0.1) is 22.0 Å². The van der Waals surface area contributed by atoms with Gasteiger partial charge in [-0.15, -0.1) is 0 Å². The highest BCUT2D eigenvalue weighted by Gasteiger charge is 2.37. The molecule has 1 aromatic carbocycles. The van der Waals surface area contributed by atoms with Crippen molar-refractivity contribution in [2.24, 2.45) is 11.3 Å². The molecule has 0 spiro atoms. The normalized spacial score (nSPS) is 18.2. The lowest BCUT2D eigenvalue weighted by Gasteiger charge is -2.38. The molecule has 1 saturated carbocycles. The topological polar surface area (TPSA) is 81.4 Å². The summed E-state index contributed by atoms with van der Waals surface area (Å²) in [6.07, 6.45) is 3.89. The summed E-state index contributed by atoms with van der Waals surface area (Å²) in [5.74, 6) is 1.24. The van der Waals surface area contributed by atoms with E-state index in [0.717, 1.165) is 29.7 Å². The standard InChI is InChI=1S/C25H33ClN2O4/c1-15-6-7-22(20(26)10-15)27-23(30)9-8-21-19(14-31-16(2)29)24(32-28-21)18-11-17(12-18)13-25(3,4)5/h6-7,10,17-18H,8-9,11-14H2,1-5H3,(H,27,30)/t17-,18+. The number of hydrogen-bond donors (Lipinski definition) is 1. The summed E-state index contributed by atoms with van der Waals surface area (Å²) in [6, 6.07) is 5.50. The van der Waals surface area contributed by atoms with Gasteiger partial charge in [-0.3, -0.25) is 9.59 Å². The summed E-state index contributed by atoms with van der Waals surface area (Å²) in [5, 5.41) is 7.58. The number of carbonyl (C=O) groups is 2. The van der Waals surface area contributed by atoms with Crippen molar-refractivity contribution in [2.45, 2.75) is 79.2 Å². The zero-order valence-corrected chi connectivity index (χ0v) is 20.3. The zero-order valence-electron chi connectivity index (χ0n) is 19.6. The van der Waals surface area contributed by atoms with Gasteiger partial charge in [0.15, 0.2) is 0 Å². The van der Waals surface area contributed by atoms with E-state index in [9.17, 15) is 9.59 Å². The molecule has 1 aliphatic rings. The molecular formula is C25H33ClN2O4. The Kier molecular flexibility index (Phi) is 7.65. The average molecular weight is 461 g/mol. The molecule has 0 atom stereocenters. The molecule has 7 heteroatoms. The summed E-state index contributed by atoms with van der Waals surface area (Å²) in [6.45, 7) is 10.2. The van der Waals surface area contributed by atoms with E-state index in [1.165, 1.54) is 13.3 Å². The quantitative estimate of drug-likeness (QED) is 0.474. The Morgan fingerprint density at radius 3 is 2.62 bits per heavy atom. The first-order valence-corrected chi connectivity index (χ1v) is 11.6. The third-order valence-corrected chi connectivity index (χ3v) is 6.13. The predicted molar refractivity (Wildman–Crippen MR) is 125 cm³/mol. The fraction of sp³-hybridized carbons (Fsp3) is 0.560. The van der Waals surface area contributed by atoms with E-state index in [1.807, 2.05) is 19.1 Å². The second-order valence-corrected chi connectivity index (χ2v) is 10.5. The number of benzene rings is 1. The van der Waals surface area contributed by atoms with Gasteiger partial charge in [0.1, 0.15) is 12.4 Å². The fourth-order valence-corrected chi connectivity index (χ4v) is 4.63. The number of rotatable bonds is 8. The van der Waals surface area contributed by atoms with Gasteiger partial charge in [0.2, 0.25) is 5.91 Å². The lowest BCUT2D eigenvalue weighted by molar-refractivity contribution is -0.142. The first-order chi connectivity index (χ1) is 15.0. The van der Waals surface area contributed by atoms with Crippen LogP contribution in [0.5, 0.6) is 0 Å². The third-order valence-electron chi connectivity index (χ3n) is 5.81. The lowest BCUT2D eigenvalue weighted by Crippen LogP contribution is -2.26. The molecular weight excluding hydrogens is 428 g/mol. The van der Waals surface area contributed by atoms with Crippen LogP contribution in [0.25, 0.3) is 0 Å². The number of aryl methyl sites for hydroxylation is 2. The SMILES string of the molecule is CC(=O)OCc1c(CCC(=O)Nc2ccc(C)cc2Cl)noc1[C@H]1C[C@@H](CC(C)(C)C)C1. The number of aromatic nitrogens is 1. The van der Waals surface area contributed by atoms with Gasteiger partial charge in [-0.05, 0) is 55.2 Å². The van der Waals surface area contributed by atoms with E-state index >= 15 is 0 Å². The molecule has 0 radical (unpaired) electrons. The Balaban J connectivity index is 1.64. The molecule has 174 valence electrons. The van der Waals surface area contributed by atoms with Gasteiger partial charge >= 0.3 is 5.97 Å². The molecule has 0 aliphatic heterocycles. The van der Waals surface area contributed by atoms with Crippen LogP contribution in [-0.2, 0) is 27.4 Å². The van der Waals surface area contributed by atoms with E-state index in [2.05, 4.69) is 31.2 Å². The van der Waals surface area contributed by atoms with Crippen LogP contribution >= 0.6 is 11.6 Å². The highest BCUT2D eigenvalue weighted by Crippen LogP contribution is 2.48. The average Bonchev–Trinajstić information content (AvgIpc) is 3.04. The van der Waals surface area contributed by atoms with Crippen LogP contribution in [-0.4, -0.2) is 17.0 Å². The van der Waals surface area contributed by atoms with Crippen molar-refractivity contribution in [1.82, 2.24) is 5.16 Å². The van der Waals surface area contributed by atoms with E-state index in [-0.39, 0.29) is 30.8 Å². The van der Waals surface area contributed by atoms with Crippen LogP contribution < -0.4 is 5.32 Å². The lowest BCUT2D eigenvalue weighted by atomic mass is 9.67. The van der Waals surface area contributed by atoms with Gasteiger partial charge < -0.3 is 14.6 Å². The Morgan fingerprint density at radius 1 is 1.28 bits per heavy atom. The van der Waals surface area contributed by atoms with Gasteiger partial charge in [-0.25, -0.2) is 0 Å². The predicted octanol–water partition coefficient (Wildman–Crippen LogP) is 6.20. The maximum Gasteiger partial charge on any atom is 0.302 e. The van der Waals surface area contributed by atoms with Gasteiger partial charge in [-0.2, -0.15) is 0 Å². The molecule has 1 heterocycles. The van der Waals surface area contributed by atoms with Crippen LogP contribution in [0.15, 0.2) is 22.7 Å². The van der Waals surface area contributed by atoms with Crippen molar-refractivity contribution < 1.29 is 18.8 Å². The number of nitrogens with zero attached hydrogens (tertiary/aromatic N) is 1. The van der Waals surface area contributed by atoms with Crippen molar-refractivity contribution in [3.8, 4) is 0 Å². The second-order valence-electron chi connectivity index (χ2n) is 10.1.